The maximum Gasteiger partial charge on any atom is 0.234 e. The van der Waals surface area contributed by atoms with Crippen molar-refractivity contribution in [3.05, 3.63) is 59.2 Å². The molecule has 0 spiro atoms. The maximum atomic E-state index is 13.0. The summed E-state index contributed by atoms with van der Waals surface area (Å²) < 4.78 is 26.0. The zero-order valence-corrected chi connectivity index (χ0v) is 14.7. The molecule has 7 heteroatoms. The van der Waals surface area contributed by atoms with Crippen molar-refractivity contribution in [1.29, 1.82) is 0 Å². The lowest BCUT2D eigenvalue weighted by molar-refractivity contribution is -0.114. The summed E-state index contributed by atoms with van der Waals surface area (Å²) in [5, 5.41) is 5.35. The van der Waals surface area contributed by atoms with E-state index in [9.17, 15) is 18.4 Å². The smallest absolute Gasteiger partial charge is 0.234 e. The summed E-state index contributed by atoms with van der Waals surface area (Å²) in [7, 11) is 0. The lowest BCUT2D eigenvalue weighted by Gasteiger charge is -2.09. The van der Waals surface area contributed by atoms with Gasteiger partial charge in [0.15, 0.2) is 0 Å². The third-order valence-electron chi connectivity index (χ3n) is 3.39. The van der Waals surface area contributed by atoms with Gasteiger partial charge < -0.3 is 10.6 Å². The molecule has 4 nitrogen and oxygen atoms in total. The lowest BCUT2D eigenvalue weighted by Crippen LogP contribution is -2.19. The molecule has 0 unspecified atom stereocenters. The molecule has 2 aromatic rings. The van der Waals surface area contributed by atoms with E-state index in [1.807, 2.05) is 0 Å². The monoisotopic (exact) mass is 364 g/mol. The predicted molar refractivity (Wildman–Crippen MR) is 96.9 cm³/mol. The highest BCUT2D eigenvalue weighted by atomic mass is 32.2. The number of thioether (sulfide) groups is 1. The molecule has 0 radical (unpaired) electrons. The van der Waals surface area contributed by atoms with Gasteiger partial charge in [-0.1, -0.05) is 0 Å². The van der Waals surface area contributed by atoms with Gasteiger partial charge in [-0.15, -0.1) is 11.8 Å². The number of carbonyl (C=O) groups excluding carboxylic acids is 2. The SMILES string of the molecule is Cc1cc(F)ccc1NC(=O)CSCC(=O)Nc1ccc(F)cc1C. The van der Waals surface area contributed by atoms with E-state index in [1.165, 1.54) is 36.4 Å². The van der Waals surface area contributed by atoms with Crippen LogP contribution in [0.5, 0.6) is 0 Å². The molecule has 132 valence electrons. The molecular weight excluding hydrogens is 346 g/mol. The minimum atomic E-state index is -0.363. The summed E-state index contributed by atoms with van der Waals surface area (Å²) in [6.07, 6.45) is 0. The third kappa shape index (κ3) is 5.86. The second-order valence-electron chi connectivity index (χ2n) is 5.51. The molecule has 0 heterocycles. The molecule has 2 aromatic carbocycles. The van der Waals surface area contributed by atoms with Crippen LogP contribution in [0.4, 0.5) is 20.2 Å². The highest BCUT2D eigenvalue weighted by Crippen LogP contribution is 2.17. The van der Waals surface area contributed by atoms with E-state index in [4.69, 9.17) is 0 Å². The van der Waals surface area contributed by atoms with Gasteiger partial charge in [-0.2, -0.15) is 0 Å². The fourth-order valence-corrected chi connectivity index (χ4v) is 2.76. The Morgan fingerprint density at radius 2 is 1.24 bits per heavy atom. The Bertz CT molecular complexity index is 731. The minimum Gasteiger partial charge on any atom is -0.325 e. The zero-order valence-electron chi connectivity index (χ0n) is 13.9. The van der Waals surface area contributed by atoms with Crippen LogP contribution in [0.1, 0.15) is 11.1 Å². The summed E-state index contributed by atoms with van der Waals surface area (Å²) in [6.45, 7) is 3.40. The number of hydrogen-bond acceptors (Lipinski definition) is 3. The first-order valence-electron chi connectivity index (χ1n) is 7.55. The molecule has 2 rings (SSSR count). The van der Waals surface area contributed by atoms with E-state index in [0.29, 0.717) is 22.5 Å². The Kier molecular flexibility index (Phi) is 6.52. The van der Waals surface area contributed by atoms with Gasteiger partial charge in [0.2, 0.25) is 11.8 Å². The average Bonchev–Trinajstić information content (AvgIpc) is 2.53. The Morgan fingerprint density at radius 1 is 0.840 bits per heavy atom. The number of anilines is 2. The molecule has 25 heavy (non-hydrogen) atoms. The third-order valence-corrected chi connectivity index (χ3v) is 4.32. The molecule has 0 aliphatic carbocycles. The molecule has 2 amide bonds. The number of carbonyl (C=O) groups is 2. The van der Waals surface area contributed by atoms with Crippen LogP contribution in [-0.2, 0) is 9.59 Å². The molecule has 0 fully saturated rings. The van der Waals surface area contributed by atoms with Gasteiger partial charge in [0.1, 0.15) is 11.6 Å². The normalized spacial score (nSPS) is 10.4. The van der Waals surface area contributed by atoms with Gasteiger partial charge >= 0.3 is 0 Å². The maximum absolute atomic E-state index is 13.0. The van der Waals surface area contributed by atoms with Gasteiger partial charge in [-0.05, 0) is 61.4 Å². The van der Waals surface area contributed by atoms with E-state index in [1.54, 1.807) is 13.8 Å². The number of benzene rings is 2. The summed E-state index contributed by atoms with van der Waals surface area (Å²) >= 11 is 1.15. The molecule has 0 bridgehead atoms. The molecule has 0 aliphatic rings. The molecule has 0 aliphatic heterocycles. The Balaban J connectivity index is 1.77. The van der Waals surface area contributed by atoms with Crippen molar-refractivity contribution in [3.8, 4) is 0 Å². The van der Waals surface area contributed by atoms with Crippen molar-refractivity contribution in [3.63, 3.8) is 0 Å². The number of amides is 2. The number of nitrogens with one attached hydrogen (secondary N) is 2. The first kappa shape index (κ1) is 18.9. The number of aryl methyl sites for hydroxylation is 2. The van der Waals surface area contributed by atoms with Crippen LogP contribution >= 0.6 is 11.8 Å². The van der Waals surface area contributed by atoms with Crippen molar-refractivity contribution < 1.29 is 18.4 Å². The first-order valence-corrected chi connectivity index (χ1v) is 8.70. The van der Waals surface area contributed by atoms with Crippen molar-refractivity contribution in [2.24, 2.45) is 0 Å². The van der Waals surface area contributed by atoms with Crippen molar-refractivity contribution in [1.82, 2.24) is 0 Å². The minimum absolute atomic E-state index is 0.0899. The quantitative estimate of drug-likeness (QED) is 0.818. The van der Waals surface area contributed by atoms with E-state index >= 15 is 0 Å². The van der Waals surface area contributed by atoms with Crippen LogP contribution in [0.3, 0.4) is 0 Å². The number of halogens is 2. The molecule has 2 N–H and O–H groups in total. The Labute approximate surface area is 149 Å². The van der Waals surface area contributed by atoms with Crippen molar-refractivity contribution in [2.45, 2.75) is 13.8 Å². The zero-order chi connectivity index (χ0) is 18.4. The van der Waals surface area contributed by atoms with Crippen LogP contribution in [0.15, 0.2) is 36.4 Å². The van der Waals surface area contributed by atoms with Gasteiger partial charge in [-0.25, -0.2) is 8.78 Å². The highest BCUT2D eigenvalue weighted by Gasteiger charge is 2.09. The molecule has 0 saturated heterocycles. The van der Waals surface area contributed by atoms with Crippen LogP contribution in [0, 0.1) is 25.5 Å². The van der Waals surface area contributed by atoms with Crippen LogP contribution in [0.25, 0.3) is 0 Å². The molecule has 0 saturated carbocycles. The summed E-state index contributed by atoms with van der Waals surface area (Å²) in [6, 6.07) is 8.21. The van der Waals surface area contributed by atoms with Gasteiger partial charge in [0, 0.05) is 11.4 Å². The second kappa shape index (κ2) is 8.62. The van der Waals surface area contributed by atoms with Gasteiger partial charge in [0.05, 0.1) is 11.5 Å². The fourth-order valence-electron chi connectivity index (χ4n) is 2.14. The molecular formula is C18H18F2N2O2S. The van der Waals surface area contributed by atoms with E-state index in [0.717, 1.165) is 11.8 Å². The van der Waals surface area contributed by atoms with Gasteiger partial charge in [0.25, 0.3) is 0 Å². The Morgan fingerprint density at radius 3 is 1.60 bits per heavy atom. The van der Waals surface area contributed by atoms with E-state index < -0.39 is 0 Å². The first-order chi connectivity index (χ1) is 11.8. The Hall–Kier alpha value is -2.41. The topological polar surface area (TPSA) is 58.2 Å². The average molecular weight is 364 g/mol. The van der Waals surface area contributed by atoms with Crippen molar-refractivity contribution in [2.75, 3.05) is 22.1 Å². The van der Waals surface area contributed by atoms with Crippen LogP contribution < -0.4 is 10.6 Å². The van der Waals surface area contributed by atoms with Gasteiger partial charge in [-0.3, -0.25) is 9.59 Å². The van der Waals surface area contributed by atoms with E-state index in [-0.39, 0.29) is 35.0 Å². The number of hydrogen-bond donors (Lipinski definition) is 2. The molecule has 0 atom stereocenters. The summed E-state index contributed by atoms with van der Waals surface area (Å²) in [5.41, 5.74) is 2.34. The van der Waals surface area contributed by atoms with Crippen molar-refractivity contribution >= 4 is 35.0 Å². The largest absolute Gasteiger partial charge is 0.325 e. The number of rotatable bonds is 6. The lowest BCUT2D eigenvalue weighted by atomic mass is 10.2. The second-order valence-corrected chi connectivity index (χ2v) is 6.49. The summed E-state index contributed by atoms with van der Waals surface area (Å²) in [4.78, 5) is 23.8. The highest BCUT2D eigenvalue weighted by molar-refractivity contribution is 8.00. The van der Waals surface area contributed by atoms with E-state index in [2.05, 4.69) is 10.6 Å². The standard InChI is InChI=1S/C18H18F2N2O2S/c1-11-7-13(19)3-5-15(11)21-17(23)9-25-10-18(24)22-16-6-4-14(20)8-12(16)2/h3-8H,9-10H2,1-2H3,(H,21,23)(H,22,24). The summed E-state index contributed by atoms with van der Waals surface area (Å²) in [5.74, 6) is -1.09. The predicted octanol–water partition coefficient (Wildman–Crippen LogP) is 3.89. The fraction of sp³-hybridized carbons (Fsp3) is 0.222. The van der Waals surface area contributed by atoms with Crippen LogP contribution in [0.2, 0.25) is 0 Å². The van der Waals surface area contributed by atoms with Crippen LogP contribution in [-0.4, -0.2) is 23.3 Å². The molecule has 0 aromatic heterocycles.